The van der Waals surface area contributed by atoms with Gasteiger partial charge in [-0.15, -0.1) is 0 Å². The topological polar surface area (TPSA) is 29.1 Å². The highest BCUT2D eigenvalue weighted by molar-refractivity contribution is 5.57. The van der Waals surface area contributed by atoms with Crippen molar-refractivity contribution in [1.82, 2.24) is 0 Å². The Morgan fingerprint density at radius 3 is 2.79 bits per heavy atom. The summed E-state index contributed by atoms with van der Waals surface area (Å²) in [5.41, 5.74) is 3.56. The summed E-state index contributed by atoms with van der Waals surface area (Å²) in [4.78, 5) is 10.6. The van der Waals surface area contributed by atoms with Crippen LogP contribution in [0, 0.1) is 12.8 Å². The maximum absolute atomic E-state index is 10.6. The highest BCUT2D eigenvalue weighted by Gasteiger charge is 2.06. The first-order valence-corrected chi connectivity index (χ1v) is 4.90. The van der Waals surface area contributed by atoms with Crippen LogP contribution in [0.25, 0.3) is 0 Å². The van der Waals surface area contributed by atoms with Gasteiger partial charge in [0.05, 0.1) is 0 Å². The van der Waals surface area contributed by atoms with Crippen LogP contribution in [0.15, 0.2) is 18.2 Å². The van der Waals surface area contributed by atoms with Gasteiger partial charge in [0.15, 0.2) is 0 Å². The highest BCUT2D eigenvalue weighted by Crippen LogP contribution is 2.19. The van der Waals surface area contributed by atoms with E-state index in [1.807, 2.05) is 14.0 Å². The molecule has 0 aliphatic rings. The number of hydrogen-bond acceptors (Lipinski definition) is 2. The Kier molecular flexibility index (Phi) is 3.69. The molecule has 14 heavy (non-hydrogen) atoms. The Morgan fingerprint density at radius 2 is 2.21 bits per heavy atom. The van der Waals surface area contributed by atoms with Crippen LogP contribution < -0.4 is 5.32 Å². The molecular weight excluding hydrogens is 174 g/mol. The Hall–Kier alpha value is -1.31. The largest absolute Gasteiger partial charge is 0.388 e. The number of rotatable bonds is 4. The van der Waals surface area contributed by atoms with Gasteiger partial charge in [-0.3, -0.25) is 0 Å². The van der Waals surface area contributed by atoms with E-state index in [9.17, 15) is 4.79 Å². The fourth-order valence-electron chi connectivity index (χ4n) is 1.53. The molecule has 0 fully saturated rings. The van der Waals surface area contributed by atoms with Crippen LogP contribution in [0.1, 0.15) is 18.1 Å². The maximum atomic E-state index is 10.6. The first kappa shape index (κ1) is 10.8. The quantitative estimate of drug-likeness (QED) is 0.740. The van der Waals surface area contributed by atoms with Crippen LogP contribution >= 0.6 is 0 Å². The molecule has 0 aliphatic carbocycles. The summed E-state index contributed by atoms with van der Waals surface area (Å²) < 4.78 is 0. The van der Waals surface area contributed by atoms with Crippen LogP contribution in [-0.2, 0) is 11.2 Å². The van der Waals surface area contributed by atoms with E-state index in [0.717, 1.165) is 18.4 Å². The molecular formula is C12H17NO. The highest BCUT2D eigenvalue weighted by atomic mass is 16.1. The SMILES string of the molecule is CNc1ccc(C)cc1CC(C)C=O. The Labute approximate surface area is 85.3 Å². The summed E-state index contributed by atoms with van der Waals surface area (Å²) in [7, 11) is 1.90. The van der Waals surface area contributed by atoms with Gasteiger partial charge in [-0.25, -0.2) is 0 Å². The normalized spacial score (nSPS) is 12.2. The van der Waals surface area contributed by atoms with Crippen LogP contribution in [0.2, 0.25) is 0 Å². The van der Waals surface area contributed by atoms with E-state index in [4.69, 9.17) is 0 Å². The van der Waals surface area contributed by atoms with Gasteiger partial charge in [-0.05, 0) is 25.0 Å². The van der Waals surface area contributed by atoms with Gasteiger partial charge in [0.25, 0.3) is 0 Å². The van der Waals surface area contributed by atoms with Crippen molar-refractivity contribution in [2.75, 3.05) is 12.4 Å². The van der Waals surface area contributed by atoms with Crippen molar-refractivity contribution in [3.63, 3.8) is 0 Å². The van der Waals surface area contributed by atoms with Gasteiger partial charge in [0, 0.05) is 18.7 Å². The van der Waals surface area contributed by atoms with Crippen molar-refractivity contribution in [3.8, 4) is 0 Å². The molecule has 0 saturated heterocycles. The molecule has 0 radical (unpaired) electrons. The lowest BCUT2D eigenvalue weighted by Crippen LogP contribution is -2.04. The van der Waals surface area contributed by atoms with Crippen molar-refractivity contribution in [2.24, 2.45) is 5.92 Å². The molecule has 0 saturated carbocycles. The summed E-state index contributed by atoms with van der Waals surface area (Å²) in [6.45, 7) is 4.00. The van der Waals surface area contributed by atoms with E-state index in [0.29, 0.717) is 0 Å². The molecule has 76 valence electrons. The zero-order chi connectivity index (χ0) is 10.6. The minimum Gasteiger partial charge on any atom is -0.388 e. The Morgan fingerprint density at radius 1 is 1.50 bits per heavy atom. The van der Waals surface area contributed by atoms with Crippen molar-refractivity contribution in [3.05, 3.63) is 29.3 Å². The van der Waals surface area contributed by atoms with Crippen LogP contribution in [0.4, 0.5) is 5.69 Å². The summed E-state index contributed by atoms with van der Waals surface area (Å²) in [6, 6.07) is 6.26. The molecule has 0 amide bonds. The van der Waals surface area contributed by atoms with Gasteiger partial charge in [-0.2, -0.15) is 0 Å². The lowest BCUT2D eigenvalue weighted by Gasteiger charge is -2.11. The molecule has 2 heteroatoms. The van der Waals surface area contributed by atoms with E-state index in [1.54, 1.807) is 0 Å². The Bertz CT molecular complexity index is 320. The summed E-state index contributed by atoms with van der Waals surface area (Å²) in [5.74, 6) is 0.0869. The fraction of sp³-hybridized carbons (Fsp3) is 0.417. The average molecular weight is 191 g/mol. The zero-order valence-corrected chi connectivity index (χ0v) is 9.00. The van der Waals surface area contributed by atoms with Crippen molar-refractivity contribution in [1.29, 1.82) is 0 Å². The molecule has 1 aromatic carbocycles. The molecule has 1 atom stereocenters. The van der Waals surface area contributed by atoms with Crippen LogP contribution in [0.3, 0.4) is 0 Å². The van der Waals surface area contributed by atoms with Gasteiger partial charge >= 0.3 is 0 Å². The molecule has 0 aromatic heterocycles. The van der Waals surface area contributed by atoms with Gasteiger partial charge in [0.2, 0.25) is 0 Å². The molecule has 1 rings (SSSR count). The van der Waals surface area contributed by atoms with Crippen molar-refractivity contribution >= 4 is 12.0 Å². The number of hydrogen-bond donors (Lipinski definition) is 1. The number of benzene rings is 1. The molecule has 1 unspecified atom stereocenters. The number of carbonyl (C=O) groups excluding carboxylic acids is 1. The van der Waals surface area contributed by atoms with Gasteiger partial charge in [-0.1, -0.05) is 24.6 Å². The van der Waals surface area contributed by atoms with E-state index in [2.05, 4.69) is 30.4 Å². The van der Waals surface area contributed by atoms with E-state index in [1.165, 1.54) is 11.1 Å². The van der Waals surface area contributed by atoms with Crippen LogP contribution in [0.5, 0.6) is 0 Å². The molecule has 0 bridgehead atoms. The number of carbonyl (C=O) groups is 1. The van der Waals surface area contributed by atoms with E-state index >= 15 is 0 Å². The maximum Gasteiger partial charge on any atom is 0.123 e. The summed E-state index contributed by atoms with van der Waals surface area (Å²) in [6.07, 6.45) is 1.81. The van der Waals surface area contributed by atoms with Crippen molar-refractivity contribution < 1.29 is 4.79 Å². The average Bonchev–Trinajstić information content (AvgIpc) is 2.18. The van der Waals surface area contributed by atoms with Gasteiger partial charge in [0.1, 0.15) is 6.29 Å². The van der Waals surface area contributed by atoms with Crippen LogP contribution in [-0.4, -0.2) is 13.3 Å². The molecule has 0 spiro atoms. The molecule has 2 nitrogen and oxygen atoms in total. The Balaban J connectivity index is 2.92. The second-order valence-corrected chi connectivity index (χ2v) is 3.73. The zero-order valence-electron chi connectivity index (χ0n) is 9.00. The van der Waals surface area contributed by atoms with Crippen molar-refractivity contribution in [2.45, 2.75) is 20.3 Å². The molecule has 1 N–H and O–H groups in total. The first-order valence-electron chi connectivity index (χ1n) is 4.90. The molecule has 0 heterocycles. The predicted molar refractivity (Wildman–Crippen MR) is 59.7 cm³/mol. The third-order valence-electron chi connectivity index (χ3n) is 2.30. The predicted octanol–water partition coefficient (Wildman–Crippen LogP) is 2.41. The minimum atomic E-state index is 0.0869. The van der Waals surface area contributed by atoms with E-state index in [-0.39, 0.29) is 5.92 Å². The summed E-state index contributed by atoms with van der Waals surface area (Å²) >= 11 is 0. The lowest BCUT2D eigenvalue weighted by molar-refractivity contribution is -0.110. The molecule has 1 aromatic rings. The third-order valence-corrected chi connectivity index (χ3v) is 2.30. The third kappa shape index (κ3) is 2.59. The fourth-order valence-corrected chi connectivity index (χ4v) is 1.53. The van der Waals surface area contributed by atoms with E-state index < -0.39 is 0 Å². The lowest BCUT2D eigenvalue weighted by atomic mass is 9.99. The second kappa shape index (κ2) is 4.80. The van der Waals surface area contributed by atoms with Gasteiger partial charge < -0.3 is 10.1 Å². The number of nitrogens with one attached hydrogen (secondary N) is 1. The summed E-state index contributed by atoms with van der Waals surface area (Å²) in [5, 5.41) is 3.14. The standard InChI is InChI=1S/C12H17NO/c1-9-4-5-12(13-3)11(6-9)7-10(2)8-14/h4-6,8,10,13H,7H2,1-3H3. The number of anilines is 1. The molecule has 0 aliphatic heterocycles. The second-order valence-electron chi connectivity index (χ2n) is 3.73. The smallest absolute Gasteiger partial charge is 0.123 e. The monoisotopic (exact) mass is 191 g/mol. The number of aryl methyl sites for hydroxylation is 1. The minimum absolute atomic E-state index is 0.0869. The number of aldehydes is 1. The first-order chi connectivity index (χ1) is 6.67.